The minimum atomic E-state index is -1.35. The van der Waals surface area contributed by atoms with Gasteiger partial charge < -0.3 is 55.9 Å². The number of carboxylic acids is 1. The van der Waals surface area contributed by atoms with Crippen LogP contribution in [0.2, 0.25) is 0 Å². The van der Waals surface area contributed by atoms with Crippen molar-refractivity contribution in [1.82, 2.24) is 30.4 Å². The summed E-state index contributed by atoms with van der Waals surface area (Å²) in [4.78, 5) is 94.7. The van der Waals surface area contributed by atoms with E-state index in [1.807, 2.05) is 127 Å². The molecule has 22 heteroatoms. The number of aliphatic carboxylic acids is 1. The molecule has 93 heavy (non-hydrogen) atoms. The van der Waals surface area contributed by atoms with Crippen molar-refractivity contribution in [2.75, 3.05) is 30.8 Å². The van der Waals surface area contributed by atoms with Gasteiger partial charge in [0.25, 0.3) is 10.4 Å². The summed E-state index contributed by atoms with van der Waals surface area (Å²) in [7, 11) is 1.34. The first-order valence-electron chi connectivity index (χ1n) is 31.8. The van der Waals surface area contributed by atoms with Gasteiger partial charge in [0.15, 0.2) is 0 Å². The van der Waals surface area contributed by atoms with Crippen LogP contribution in [0.15, 0.2) is 158 Å². The number of carboxylic acid groups (broad SMARTS) is 1. The molecule has 6 aliphatic rings. The topological polar surface area (TPSA) is 261 Å². The maximum atomic E-state index is 14.5. The smallest absolute Gasteiger partial charge is 0.870 e. The van der Waals surface area contributed by atoms with Gasteiger partial charge in [-0.05, 0) is 121 Å². The van der Waals surface area contributed by atoms with Gasteiger partial charge in [0.2, 0.25) is 23.6 Å². The standard InChI is InChI=1S/C36H38N4O5S.C35H36N4O5S.Na.H2O/c1-44-34(43)36-21-25(36)13-5-3-2-4-6-15-29(37-26-18-17-23-11-7-8-12-24(23)19-26)33(42)40-22-27(20-30(40)32(41)39-36)45-35-38-28-14-9-10-16-31(28)46-35;40-31-29-19-26(44-34-37-27-13-8-9-15-30(27)45-34)21-39(29)32(41)28(36-25-17-16-22-10-6-7-11-23(22)18-25)14-5-3-1-2-4-12-24-20-35(24,38-31)33(42)43;;/h5,7-14,16-19,25,27,29-30,37H,2-4,6,15,20-22H2,1H3,(H,39,41);4,6-13,15-18,24,26,28-29,36H,1-3,5,14,19-21H2,(H,38,40)(H,42,43);;1H2/q;;+1;/p-1/b13-5-;12-4-;;/t25-,27-,29+,30+,36-;24-,26-,28+,29+,35-;;/m11../s1. The van der Waals surface area contributed by atoms with Crippen molar-refractivity contribution in [3.8, 4) is 10.4 Å². The molecule has 6 heterocycles. The molecule has 8 aromatic rings. The molecule has 0 unspecified atom stereocenters. The van der Waals surface area contributed by atoms with E-state index in [9.17, 15) is 33.9 Å². The zero-order chi connectivity index (χ0) is 62.6. The monoisotopic (exact) mass is 1300 g/mol. The number of hydrogen-bond donors (Lipinski definition) is 5. The molecule has 0 spiro atoms. The SMILES string of the molecule is COC(=O)[C@@]12C[C@H]1/C=C\CCCCC[C@H](Nc1ccc3ccccc3c1)C(=O)N1C[C@H](Oc3nc4ccccc4s3)C[C@H]1C(=O)N2.O=C1N[C@]2(C(=O)O)C[C@H]2/C=C\CCCCC[C@H](Nc2ccc3ccccc3c2)C(=O)N2C[C@H](Oc3nc4ccccc4s3)C[C@@H]12.[Na+].[OH-]. The van der Waals surface area contributed by atoms with Crippen LogP contribution < -0.4 is 60.3 Å². The number of benzene rings is 6. The maximum absolute atomic E-state index is 14.5. The van der Waals surface area contributed by atoms with Gasteiger partial charge in [0.05, 0.1) is 40.6 Å². The second kappa shape index (κ2) is 29.2. The Morgan fingerprint density at radius 1 is 0.570 bits per heavy atom. The second-order valence-electron chi connectivity index (χ2n) is 24.8. The molecular formula is C71H75N8NaO11S2. The Bertz CT molecular complexity index is 4060. The fraction of sp³-hybridized carbons (Fsp3) is 0.380. The van der Waals surface area contributed by atoms with E-state index in [1.54, 1.807) is 9.80 Å². The molecule has 2 aliphatic carbocycles. The molecule has 478 valence electrons. The second-order valence-corrected chi connectivity index (χ2v) is 26.8. The molecule has 14 rings (SSSR count). The third-order valence-electron chi connectivity index (χ3n) is 18.7. The zero-order valence-corrected chi connectivity index (χ0v) is 55.8. The molecule has 19 nitrogen and oxygen atoms in total. The first-order valence-corrected chi connectivity index (χ1v) is 33.4. The molecule has 4 aliphatic heterocycles. The molecule has 2 saturated carbocycles. The van der Waals surface area contributed by atoms with Crippen LogP contribution in [0.5, 0.6) is 10.4 Å². The molecule has 0 radical (unpaired) electrons. The average Bonchev–Trinajstić information content (AvgIpc) is 1.62. The summed E-state index contributed by atoms with van der Waals surface area (Å²) < 4.78 is 19.8. The fourth-order valence-electron chi connectivity index (χ4n) is 13.5. The van der Waals surface area contributed by atoms with Crippen LogP contribution >= 0.6 is 22.7 Å². The number of allylic oxidation sites excluding steroid dienone is 2. The van der Waals surface area contributed by atoms with E-state index in [0.29, 0.717) is 36.1 Å². The van der Waals surface area contributed by atoms with Crippen LogP contribution in [0.1, 0.15) is 89.9 Å². The number of para-hydroxylation sites is 2. The minimum Gasteiger partial charge on any atom is -0.870 e. The van der Waals surface area contributed by atoms with E-state index in [0.717, 1.165) is 105 Å². The Hall–Kier alpha value is -7.92. The molecule has 6 N–H and O–H groups in total. The quantitative estimate of drug-likeness (QED) is 0.0489. The van der Waals surface area contributed by atoms with Gasteiger partial charge in [0, 0.05) is 36.1 Å². The van der Waals surface area contributed by atoms with Crippen LogP contribution in [0, 0.1) is 11.8 Å². The van der Waals surface area contributed by atoms with Crippen LogP contribution in [0.4, 0.5) is 11.4 Å². The van der Waals surface area contributed by atoms with Crippen molar-refractivity contribution in [3.63, 3.8) is 0 Å². The number of nitrogens with one attached hydrogen (secondary N) is 4. The van der Waals surface area contributed by atoms with Gasteiger partial charge in [-0.3, -0.25) is 19.2 Å². The molecule has 2 aromatic heterocycles. The number of thiazole rings is 2. The number of nitrogens with zero attached hydrogens (tertiary/aromatic N) is 4. The predicted molar refractivity (Wildman–Crippen MR) is 355 cm³/mol. The van der Waals surface area contributed by atoms with E-state index >= 15 is 0 Å². The number of ether oxygens (including phenoxy) is 3. The van der Waals surface area contributed by atoms with Gasteiger partial charge in [-0.15, -0.1) is 0 Å². The number of anilines is 2. The summed E-state index contributed by atoms with van der Waals surface area (Å²) in [6, 6.07) is 41.2. The number of hydrogen-bond acceptors (Lipinski definition) is 16. The molecule has 10 atom stereocenters. The van der Waals surface area contributed by atoms with Crippen LogP contribution in [0.25, 0.3) is 42.0 Å². The van der Waals surface area contributed by atoms with E-state index in [1.165, 1.54) is 29.8 Å². The van der Waals surface area contributed by atoms with Crippen molar-refractivity contribution in [2.45, 2.75) is 137 Å². The number of carbonyl (C=O) groups is 6. The number of amides is 4. The van der Waals surface area contributed by atoms with Gasteiger partial charge >= 0.3 is 41.5 Å². The van der Waals surface area contributed by atoms with E-state index in [2.05, 4.69) is 61.6 Å². The van der Waals surface area contributed by atoms with Crippen molar-refractivity contribution < 1.29 is 83.1 Å². The summed E-state index contributed by atoms with van der Waals surface area (Å²) in [5.41, 5.74) is 0.891. The number of fused-ring (bicyclic) bond motifs is 8. The van der Waals surface area contributed by atoms with Crippen molar-refractivity contribution >= 4 is 112 Å². The molecule has 2 saturated heterocycles. The van der Waals surface area contributed by atoms with E-state index in [4.69, 9.17) is 14.2 Å². The van der Waals surface area contributed by atoms with Crippen molar-refractivity contribution in [2.24, 2.45) is 11.8 Å². The van der Waals surface area contributed by atoms with Crippen molar-refractivity contribution in [1.29, 1.82) is 0 Å². The van der Waals surface area contributed by atoms with Crippen molar-refractivity contribution in [3.05, 3.63) is 158 Å². The first-order chi connectivity index (χ1) is 44.3. The van der Waals surface area contributed by atoms with E-state index < -0.39 is 65.3 Å². The summed E-state index contributed by atoms with van der Waals surface area (Å²) in [6.07, 6.45) is 16.9. The Kier molecular flexibility index (Phi) is 20.9. The Balaban J connectivity index is 0.000000186. The summed E-state index contributed by atoms with van der Waals surface area (Å²) >= 11 is 2.87. The average molecular weight is 1300 g/mol. The summed E-state index contributed by atoms with van der Waals surface area (Å²) in [6.45, 7) is 0.434. The third-order valence-corrected chi connectivity index (χ3v) is 20.5. The number of methoxy groups -OCH3 is 1. The molecule has 4 fully saturated rings. The molecular weight excluding hydrogens is 1230 g/mol. The number of aromatic nitrogens is 2. The first kappa shape index (κ1) is 66.5. The van der Waals surface area contributed by atoms with Gasteiger partial charge in [-0.25, -0.2) is 19.6 Å². The number of esters is 1. The van der Waals surface area contributed by atoms with Crippen LogP contribution in [0.3, 0.4) is 0 Å². The van der Waals surface area contributed by atoms with E-state index in [-0.39, 0.29) is 90.5 Å². The van der Waals surface area contributed by atoms with Gasteiger partial charge in [0.1, 0.15) is 47.5 Å². The van der Waals surface area contributed by atoms with Crippen LogP contribution in [-0.4, -0.2) is 134 Å². The maximum Gasteiger partial charge on any atom is 1.00 e. The molecule has 4 amide bonds. The Morgan fingerprint density at radius 3 is 1.46 bits per heavy atom. The summed E-state index contributed by atoms with van der Waals surface area (Å²) in [5, 5.41) is 28.4. The Labute approximate surface area is 569 Å². The largest absolute Gasteiger partial charge is 1.00 e. The predicted octanol–water partition coefficient (Wildman–Crippen LogP) is 8.43. The van der Waals surface area contributed by atoms with Gasteiger partial charge in [-0.1, -0.05) is 158 Å². The Morgan fingerprint density at radius 2 is 1.00 bits per heavy atom. The minimum absolute atomic E-state index is 0. The third kappa shape index (κ3) is 14.7. The normalized spacial score (nSPS) is 27.2. The molecule has 6 aromatic carbocycles. The van der Waals surface area contributed by atoms with Gasteiger partial charge in [-0.2, -0.15) is 0 Å². The number of carbonyl (C=O) groups excluding carboxylic acids is 5. The summed E-state index contributed by atoms with van der Waals surface area (Å²) in [5.74, 6) is -3.11. The number of rotatable bonds is 10. The fourth-order valence-corrected chi connectivity index (χ4v) is 15.3. The molecule has 0 bridgehead atoms. The zero-order valence-electron chi connectivity index (χ0n) is 52.1. The van der Waals surface area contributed by atoms with Crippen LogP contribution in [-0.2, 0) is 33.5 Å².